The first-order chi connectivity index (χ1) is 38.6. The maximum Gasteiger partial charge on any atom is 0.335 e. The van der Waals surface area contributed by atoms with Crippen molar-refractivity contribution in [3.63, 3.8) is 0 Å². The molecule has 12 nitrogen and oxygen atoms in total. The number of unbranched alkanes of at least 4 members (excludes halogenated alkanes) is 31. The maximum absolute atomic E-state index is 13.2. The summed E-state index contributed by atoms with van der Waals surface area (Å²) in [7, 11) is 0. The Bertz CT molecular complexity index is 1600. The highest BCUT2D eigenvalue weighted by atomic mass is 16.7. The van der Waals surface area contributed by atoms with Crippen molar-refractivity contribution in [2.75, 3.05) is 13.2 Å². The highest BCUT2D eigenvalue weighted by Crippen LogP contribution is 2.27. The van der Waals surface area contributed by atoms with Gasteiger partial charge in [-0.05, 0) is 109 Å². The van der Waals surface area contributed by atoms with Crippen LogP contribution in [0.25, 0.3) is 0 Å². The zero-order valence-corrected chi connectivity index (χ0v) is 50.4. The Hall–Kier alpha value is -3.58. The number of allylic oxidation sites excluding steroid dienone is 10. The van der Waals surface area contributed by atoms with E-state index in [1.165, 1.54) is 116 Å². The van der Waals surface area contributed by atoms with E-state index in [1.54, 1.807) is 0 Å². The first-order valence-corrected chi connectivity index (χ1v) is 32.3. The van der Waals surface area contributed by atoms with Crippen LogP contribution in [-0.4, -0.2) is 89.2 Å². The predicted octanol–water partition coefficient (Wildman–Crippen LogP) is 17.1. The summed E-state index contributed by atoms with van der Waals surface area (Å²) in [6.07, 6.45) is 56.0. The van der Waals surface area contributed by atoms with Crippen LogP contribution in [0.5, 0.6) is 0 Å². The summed E-state index contributed by atoms with van der Waals surface area (Å²) in [5.41, 5.74) is 0. The number of carboxylic acid groups (broad SMARTS) is 1. The largest absolute Gasteiger partial charge is 0.479 e. The van der Waals surface area contributed by atoms with Gasteiger partial charge in [0.05, 0.1) is 6.61 Å². The summed E-state index contributed by atoms with van der Waals surface area (Å²) >= 11 is 0. The van der Waals surface area contributed by atoms with Crippen LogP contribution in [0.15, 0.2) is 60.8 Å². The normalized spacial score (nSPS) is 18.2. The van der Waals surface area contributed by atoms with Gasteiger partial charge in [0.1, 0.15) is 18.8 Å². The van der Waals surface area contributed by atoms with Gasteiger partial charge in [0.2, 0.25) is 0 Å². The molecule has 0 radical (unpaired) electrons. The minimum Gasteiger partial charge on any atom is -0.479 e. The van der Waals surface area contributed by atoms with E-state index in [0.29, 0.717) is 19.3 Å². The number of rotatable bonds is 55. The minimum atomic E-state index is -1.91. The van der Waals surface area contributed by atoms with E-state index in [2.05, 4.69) is 81.5 Å². The van der Waals surface area contributed by atoms with Gasteiger partial charge in [-0.3, -0.25) is 14.4 Å². The molecule has 1 saturated heterocycles. The number of carboxylic acids is 1. The van der Waals surface area contributed by atoms with Crippen molar-refractivity contribution in [2.24, 2.45) is 0 Å². The second kappa shape index (κ2) is 55.0. The Balaban J connectivity index is 2.66. The average Bonchev–Trinajstić information content (AvgIpc) is 3.46. The Morgan fingerprint density at radius 1 is 0.418 bits per heavy atom. The van der Waals surface area contributed by atoms with Crippen LogP contribution in [0, 0.1) is 0 Å². The number of aliphatic hydroxyl groups excluding tert-OH is 2. The van der Waals surface area contributed by atoms with E-state index >= 15 is 0 Å². The molecule has 1 rings (SSSR count). The number of ether oxygens (including phenoxy) is 5. The first-order valence-electron chi connectivity index (χ1n) is 32.3. The van der Waals surface area contributed by atoms with Crippen LogP contribution in [0.4, 0.5) is 0 Å². The lowest BCUT2D eigenvalue weighted by atomic mass is 9.98. The first kappa shape index (κ1) is 73.4. The van der Waals surface area contributed by atoms with Gasteiger partial charge >= 0.3 is 23.9 Å². The summed E-state index contributed by atoms with van der Waals surface area (Å²) in [6, 6.07) is 0. The summed E-state index contributed by atoms with van der Waals surface area (Å²) in [4.78, 5) is 51.3. The molecule has 456 valence electrons. The van der Waals surface area contributed by atoms with Gasteiger partial charge < -0.3 is 39.0 Å². The lowest BCUT2D eigenvalue weighted by molar-refractivity contribution is -0.301. The van der Waals surface area contributed by atoms with E-state index in [4.69, 9.17) is 23.7 Å². The van der Waals surface area contributed by atoms with Gasteiger partial charge in [0, 0.05) is 19.3 Å². The molecule has 79 heavy (non-hydrogen) atoms. The third-order valence-electron chi connectivity index (χ3n) is 14.5. The second-order valence-electron chi connectivity index (χ2n) is 22.0. The van der Waals surface area contributed by atoms with Crippen LogP contribution in [0.3, 0.4) is 0 Å². The standard InChI is InChI=1S/C67H116O12/c1-4-7-10-13-16-19-22-25-27-29-30-32-34-37-40-43-46-49-52-55-61(70)78-65-63(72)62(71)64(66(73)74)79-67(65)76-57-58(77-60(69)54-51-48-45-42-39-35-24-21-18-15-12-9-6-3)56-75-59(68)53-50-47-44-41-38-36-33-31-28-26-23-20-17-14-11-8-5-2/h16,19,21,24-28,30,32,58,62-65,67,71-72H,4-15,17-18,20,22-23,29,31,33-57H2,1-3H3,(H,73,74)/b19-16-,24-21-,27-25-,28-26-,32-30-. The lowest BCUT2D eigenvalue weighted by Gasteiger charge is -2.40. The number of aliphatic hydroxyl groups is 2. The van der Waals surface area contributed by atoms with Crippen molar-refractivity contribution in [3.8, 4) is 0 Å². The molecule has 0 aromatic rings. The smallest absolute Gasteiger partial charge is 0.335 e. The SMILES string of the molecule is CCCCC/C=C\C/C=C\C/C=C\CCCCCCCCC(=O)OC1C(OCC(COC(=O)CCCCCCCCC/C=C\CCCCCCCC)OC(=O)CCCCCCC/C=C\CCCCCC)OC(C(=O)O)C(O)C1O. The van der Waals surface area contributed by atoms with E-state index in [1.807, 2.05) is 0 Å². The molecule has 6 unspecified atom stereocenters. The van der Waals surface area contributed by atoms with Gasteiger partial charge in [0.15, 0.2) is 24.6 Å². The van der Waals surface area contributed by atoms with E-state index < -0.39 is 67.3 Å². The number of aliphatic carboxylic acids is 1. The second-order valence-corrected chi connectivity index (χ2v) is 22.0. The topological polar surface area (TPSA) is 175 Å². The summed E-state index contributed by atoms with van der Waals surface area (Å²) < 4.78 is 28.5. The maximum atomic E-state index is 13.2. The molecule has 0 bridgehead atoms. The number of hydrogen-bond acceptors (Lipinski definition) is 11. The number of carbonyl (C=O) groups excluding carboxylic acids is 3. The van der Waals surface area contributed by atoms with Gasteiger partial charge in [-0.15, -0.1) is 0 Å². The van der Waals surface area contributed by atoms with E-state index in [9.17, 15) is 34.5 Å². The number of hydrogen-bond donors (Lipinski definition) is 3. The molecule has 0 spiro atoms. The van der Waals surface area contributed by atoms with Crippen LogP contribution in [0.1, 0.15) is 290 Å². The fourth-order valence-electron chi connectivity index (χ4n) is 9.54. The summed E-state index contributed by atoms with van der Waals surface area (Å²) in [5.74, 6) is -3.14. The fourth-order valence-corrected chi connectivity index (χ4v) is 9.54. The van der Waals surface area contributed by atoms with Crippen molar-refractivity contribution in [1.82, 2.24) is 0 Å². The van der Waals surface area contributed by atoms with Crippen molar-refractivity contribution in [2.45, 2.75) is 327 Å². The summed E-state index contributed by atoms with van der Waals surface area (Å²) in [5, 5.41) is 31.6. The number of esters is 3. The average molecular weight is 1110 g/mol. The van der Waals surface area contributed by atoms with Crippen LogP contribution in [0.2, 0.25) is 0 Å². The van der Waals surface area contributed by atoms with Crippen LogP contribution >= 0.6 is 0 Å². The molecule has 3 N–H and O–H groups in total. The quantitative estimate of drug-likeness (QED) is 0.0228. The van der Waals surface area contributed by atoms with Crippen molar-refractivity contribution >= 4 is 23.9 Å². The molecular weight excluding hydrogens is 997 g/mol. The highest BCUT2D eigenvalue weighted by molar-refractivity contribution is 5.74. The van der Waals surface area contributed by atoms with Crippen molar-refractivity contribution in [1.29, 1.82) is 0 Å². The van der Waals surface area contributed by atoms with Gasteiger partial charge in [0.25, 0.3) is 0 Å². The van der Waals surface area contributed by atoms with Crippen molar-refractivity contribution in [3.05, 3.63) is 60.8 Å². The van der Waals surface area contributed by atoms with Crippen LogP contribution < -0.4 is 0 Å². The predicted molar refractivity (Wildman–Crippen MR) is 322 cm³/mol. The van der Waals surface area contributed by atoms with E-state index in [-0.39, 0.29) is 25.9 Å². The molecule has 0 aromatic heterocycles. The molecule has 0 amide bonds. The highest BCUT2D eigenvalue weighted by Gasteiger charge is 2.50. The summed E-state index contributed by atoms with van der Waals surface area (Å²) in [6.45, 7) is 5.96. The minimum absolute atomic E-state index is 0.0446. The molecule has 6 atom stereocenters. The molecular formula is C67H116O12. The van der Waals surface area contributed by atoms with Gasteiger partial charge in [-0.25, -0.2) is 4.79 Å². The fraction of sp³-hybridized carbons (Fsp3) is 0.791. The third-order valence-corrected chi connectivity index (χ3v) is 14.5. The zero-order chi connectivity index (χ0) is 57.5. The molecule has 1 aliphatic heterocycles. The third kappa shape index (κ3) is 44.7. The Morgan fingerprint density at radius 3 is 1.20 bits per heavy atom. The van der Waals surface area contributed by atoms with Gasteiger partial charge in [-0.2, -0.15) is 0 Å². The molecule has 0 saturated carbocycles. The molecule has 12 heteroatoms. The molecule has 1 heterocycles. The number of carbonyl (C=O) groups is 4. The molecule has 0 aliphatic carbocycles. The molecule has 1 fully saturated rings. The Morgan fingerprint density at radius 2 is 0.759 bits per heavy atom. The lowest BCUT2D eigenvalue weighted by Crippen LogP contribution is -2.61. The van der Waals surface area contributed by atoms with Gasteiger partial charge in [-0.1, -0.05) is 223 Å². The Kier molecular flexibility index (Phi) is 51.1. The molecule has 1 aliphatic rings. The van der Waals surface area contributed by atoms with Crippen LogP contribution in [-0.2, 0) is 42.9 Å². The molecule has 0 aromatic carbocycles. The Labute approximate surface area is 481 Å². The van der Waals surface area contributed by atoms with Crippen molar-refractivity contribution < 1.29 is 58.2 Å². The van der Waals surface area contributed by atoms with E-state index in [0.717, 1.165) is 116 Å². The monoisotopic (exact) mass is 1110 g/mol. The zero-order valence-electron chi connectivity index (χ0n) is 50.4.